The van der Waals surface area contributed by atoms with E-state index < -0.39 is 30.1 Å². The van der Waals surface area contributed by atoms with Crippen molar-refractivity contribution < 1.29 is 29.0 Å². The highest BCUT2D eigenvalue weighted by Crippen LogP contribution is 2.44. The molecule has 2 aliphatic rings. The summed E-state index contributed by atoms with van der Waals surface area (Å²) in [5, 5.41) is 12.0. The lowest BCUT2D eigenvalue weighted by molar-refractivity contribution is -0.153. The number of nitrogens with one attached hydrogen (secondary N) is 1. The van der Waals surface area contributed by atoms with Crippen molar-refractivity contribution in [3.05, 3.63) is 59.7 Å². The van der Waals surface area contributed by atoms with Crippen LogP contribution in [0.1, 0.15) is 36.8 Å². The van der Waals surface area contributed by atoms with Gasteiger partial charge in [0.2, 0.25) is 0 Å². The number of hydrogen-bond donors (Lipinski definition) is 2. The molecule has 0 radical (unpaired) electrons. The van der Waals surface area contributed by atoms with Crippen LogP contribution in [0.2, 0.25) is 0 Å². The number of nitrogens with zero attached hydrogens (tertiary/aromatic N) is 1. The number of piperidine rings is 1. The number of benzene rings is 2. The summed E-state index contributed by atoms with van der Waals surface area (Å²) >= 11 is 0. The molecule has 0 spiro atoms. The lowest BCUT2D eigenvalue weighted by Gasteiger charge is -2.39. The second-order valence-corrected chi connectivity index (χ2v) is 8.79. The third-order valence-electron chi connectivity index (χ3n) is 6.92. The Kier molecular flexibility index (Phi) is 7.17. The molecule has 3 atom stereocenters. The first kappa shape index (κ1) is 23.8. The molecule has 1 saturated heterocycles. The summed E-state index contributed by atoms with van der Waals surface area (Å²) < 4.78 is 10.8. The zero-order valence-corrected chi connectivity index (χ0v) is 19.4. The van der Waals surface area contributed by atoms with Gasteiger partial charge in [-0.15, -0.1) is 0 Å². The summed E-state index contributed by atoms with van der Waals surface area (Å²) in [4.78, 5) is 38.5. The third-order valence-corrected chi connectivity index (χ3v) is 6.92. The van der Waals surface area contributed by atoms with E-state index in [0.717, 1.165) is 22.3 Å². The molecule has 2 N–H and O–H groups in total. The summed E-state index contributed by atoms with van der Waals surface area (Å²) in [7, 11) is 1.39. The number of amides is 2. The molecule has 4 rings (SSSR count). The number of carboxylic acids is 1. The summed E-state index contributed by atoms with van der Waals surface area (Å²) in [5.74, 6) is -1.90. The Morgan fingerprint density at radius 3 is 2.29 bits per heavy atom. The van der Waals surface area contributed by atoms with Gasteiger partial charge in [0.05, 0.1) is 12.5 Å². The third kappa shape index (κ3) is 4.63. The molecule has 0 aromatic heterocycles. The second-order valence-electron chi connectivity index (χ2n) is 8.79. The number of carbonyl (C=O) groups excluding carboxylic acids is 2. The predicted molar refractivity (Wildman–Crippen MR) is 125 cm³/mol. The fourth-order valence-corrected chi connectivity index (χ4v) is 5.07. The van der Waals surface area contributed by atoms with Gasteiger partial charge < -0.3 is 24.8 Å². The van der Waals surface area contributed by atoms with Gasteiger partial charge in [0.1, 0.15) is 6.61 Å². The van der Waals surface area contributed by atoms with Crippen LogP contribution in [0.3, 0.4) is 0 Å². The quantitative estimate of drug-likeness (QED) is 0.649. The first-order valence-electron chi connectivity index (χ1n) is 11.6. The van der Waals surface area contributed by atoms with E-state index in [4.69, 9.17) is 9.47 Å². The molecule has 2 aromatic carbocycles. The van der Waals surface area contributed by atoms with Crippen molar-refractivity contribution in [2.75, 3.05) is 26.8 Å². The minimum absolute atomic E-state index is 0.0554. The Balaban J connectivity index is 1.34. The van der Waals surface area contributed by atoms with Crippen LogP contribution in [0.15, 0.2) is 48.5 Å². The van der Waals surface area contributed by atoms with Crippen LogP contribution in [0.4, 0.5) is 4.79 Å². The molecule has 2 aromatic rings. The highest BCUT2D eigenvalue weighted by Gasteiger charge is 2.38. The smallest absolute Gasteiger partial charge is 0.407 e. The van der Waals surface area contributed by atoms with Gasteiger partial charge in [-0.2, -0.15) is 0 Å². The van der Waals surface area contributed by atoms with E-state index >= 15 is 0 Å². The fraction of sp³-hybridized carbons (Fsp3) is 0.423. The average molecular weight is 467 g/mol. The van der Waals surface area contributed by atoms with Crippen molar-refractivity contribution in [2.45, 2.75) is 37.8 Å². The number of fused-ring (bicyclic) bond motifs is 3. The number of likely N-dealkylation sites (tertiary alicyclic amines) is 1. The number of aliphatic carboxylic acids is 1. The Morgan fingerprint density at radius 2 is 1.71 bits per heavy atom. The van der Waals surface area contributed by atoms with Crippen LogP contribution in [-0.4, -0.2) is 66.9 Å². The molecule has 1 heterocycles. The molecule has 34 heavy (non-hydrogen) atoms. The number of alkyl carbamates (subject to hydrolysis) is 1. The minimum Gasteiger partial charge on any atom is -0.481 e. The van der Waals surface area contributed by atoms with Gasteiger partial charge in [-0.3, -0.25) is 9.59 Å². The lowest BCUT2D eigenvalue weighted by Crippen LogP contribution is -2.54. The second kappa shape index (κ2) is 10.3. The van der Waals surface area contributed by atoms with Gasteiger partial charge >= 0.3 is 12.1 Å². The van der Waals surface area contributed by atoms with Crippen molar-refractivity contribution in [2.24, 2.45) is 5.92 Å². The minimum atomic E-state index is -0.921. The number of carbonyl (C=O) groups is 3. The Bertz CT molecular complexity index is 1030. The van der Waals surface area contributed by atoms with Crippen LogP contribution in [0.5, 0.6) is 0 Å². The van der Waals surface area contributed by atoms with E-state index in [1.165, 1.54) is 12.0 Å². The molecule has 0 bridgehead atoms. The maximum atomic E-state index is 13.0. The molecular formula is C26H30N2O6. The number of rotatable bonds is 7. The SMILES string of the molecule is COC(CNC(=O)OCC1c2ccccc2-c2ccccc21)C(=O)N1CCC[C@@H](C(=O)O)[C@H]1C. The molecule has 8 nitrogen and oxygen atoms in total. The average Bonchev–Trinajstić information content (AvgIpc) is 3.16. The highest BCUT2D eigenvalue weighted by molar-refractivity contribution is 5.83. The van der Waals surface area contributed by atoms with Gasteiger partial charge in [-0.1, -0.05) is 48.5 Å². The maximum Gasteiger partial charge on any atom is 0.407 e. The summed E-state index contributed by atoms with van der Waals surface area (Å²) in [6.07, 6.45) is -0.401. The largest absolute Gasteiger partial charge is 0.481 e. The summed E-state index contributed by atoms with van der Waals surface area (Å²) in [5.41, 5.74) is 4.53. The van der Waals surface area contributed by atoms with Crippen LogP contribution >= 0.6 is 0 Å². The van der Waals surface area contributed by atoms with Gasteiger partial charge in [-0.25, -0.2) is 4.79 Å². The van der Waals surface area contributed by atoms with Crippen molar-refractivity contribution in [1.29, 1.82) is 0 Å². The molecule has 1 fully saturated rings. The van der Waals surface area contributed by atoms with E-state index in [-0.39, 0.29) is 25.0 Å². The standard InChI is InChI=1S/C26H30N2O6/c1-16-17(25(30)31)12-7-13-28(16)24(29)23(33-2)14-27-26(32)34-15-22-20-10-5-3-8-18(20)19-9-4-6-11-21(19)22/h3-6,8-11,16-17,22-23H,7,12-15H2,1-2H3,(H,27,32)(H,30,31)/t16-,17-,23?/m1/s1. The summed E-state index contributed by atoms with van der Waals surface area (Å²) in [6, 6.07) is 15.7. The molecule has 180 valence electrons. The van der Waals surface area contributed by atoms with Crippen LogP contribution in [0.25, 0.3) is 11.1 Å². The topological polar surface area (TPSA) is 105 Å². The first-order valence-corrected chi connectivity index (χ1v) is 11.6. The van der Waals surface area contributed by atoms with Gasteiger partial charge in [-0.05, 0) is 42.0 Å². The highest BCUT2D eigenvalue weighted by atomic mass is 16.5. The van der Waals surface area contributed by atoms with Crippen molar-refractivity contribution in [1.82, 2.24) is 10.2 Å². The van der Waals surface area contributed by atoms with E-state index in [1.54, 1.807) is 6.92 Å². The first-order chi connectivity index (χ1) is 16.4. The van der Waals surface area contributed by atoms with Crippen LogP contribution in [0, 0.1) is 5.92 Å². The molecule has 1 aliphatic heterocycles. The number of ether oxygens (including phenoxy) is 2. The van der Waals surface area contributed by atoms with E-state index in [9.17, 15) is 19.5 Å². The number of hydrogen-bond acceptors (Lipinski definition) is 5. The van der Waals surface area contributed by atoms with E-state index in [0.29, 0.717) is 19.4 Å². The van der Waals surface area contributed by atoms with Crippen molar-refractivity contribution >= 4 is 18.0 Å². The zero-order valence-electron chi connectivity index (χ0n) is 19.4. The Labute approximate surface area is 198 Å². The molecule has 8 heteroatoms. The molecule has 1 aliphatic carbocycles. The van der Waals surface area contributed by atoms with Crippen LogP contribution in [-0.2, 0) is 19.1 Å². The van der Waals surface area contributed by atoms with Gasteiger partial charge in [0.25, 0.3) is 5.91 Å². The Hall–Kier alpha value is -3.39. The van der Waals surface area contributed by atoms with E-state index in [1.807, 2.05) is 36.4 Å². The molecule has 2 amide bonds. The lowest BCUT2D eigenvalue weighted by atomic mass is 9.90. The number of carboxylic acid groups (broad SMARTS) is 1. The van der Waals surface area contributed by atoms with Crippen molar-refractivity contribution in [3.8, 4) is 11.1 Å². The van der Waals surface area contributed by atoms with E-state index in [2.05, 4.69) is 17.4 Å². The maximum absolute atomic E-state index is 13.0. The monoisotopic (exact) mass is 466 g/mol. The molecule has 1 unspecified atom stereocenters. The van der Waals surface area contributed by atoms with Gasteiger partial charge in [0.15, 0.2) is 6.10 Å². The fourth-order valence-electron chi connectivity index (χ4n) is 5.07. The predicted octanol–water partition coefficient (Wildman–Crippen LogP) is 3.25. The van der Waals surface area contributed by atoms with Gasteiger partial charge in [0, 0.05) is 25.6 Å². The summed E-state index contributed by atoms with van der Waals surface area (Å²) in [6.45, 7) is 2.32. The van der Waals surface area contributed by atoms with Crippen LogP contribution < -0.4 is 5.32 Å². The molecular weight excluding hydrogens is 436 g/mol. The van der Waals surface area contributed by atoms with Crippen molar-refractivity contribution in [3.63, 3.8) is 0 Å². The molecule has 0 saturated carbocycles. The normalized spacial score (nSPS) is 20.2. The Morgan fingerprint density at radius 1 is 1.09 bits per heavy atom. The number of methoxy groups -OCH3 is 1. The zero-order chi connectivity index (χ0) is 24.2.